The second-order valence-electron chi connectivity index (χ2n) is 6.45. The highest BCUT2D eigenvalue weighted by atomic mass is 35.5. The second kappa shape index (κ2) is 7.93. The Labute approximate surface area is 158 Å². The lowest BCUT2D eigenvalue weighted by molar-refractivity contribution is 0.102. The van der Waals surface area contributed by atoms with Crippen LogP contribution in [-0.4, -0.2) is 56.1 Å². The Bertz CT molecular complexity index is 787. The van der Waals surface area contributed by atoms with Crippen LogP contribution in [0, 0.1) is 6.92 Å². The highest BCUT2D eigenvalue weighted by molar-refractivity contribution is 6.31. The first kappa shape index (κ1) is 18.5. The first-order valence-corrected chi connectivity index (χ1v) is 8.91. The smallest absolute Gasteiger partial charge is 0.274 e. The number of halogens is 1. The van der Waals surface area contributed by atoms with E-state index >= 15 is 0 Å². The first-order chi connectivity index (χ1) is 12.5. The number of ether oxygens (including phenoxy) is 1. The van der Waals surface area contributed by atoms with Crippen molar-refractivity contribution in [3.63, 3.8) is 0 Å². The highest BCUT2D eigenvalue weighted by Crippen LogP contribution is 2.31. The number of nitrogens with zero attached hydrogens (tertiary/aromatic N) is 3. The van der Waals surface area contributed by atoms with Crippen molar-refractivity contribution >= 4 is 28.9 Å². The minimum atomic E-state index is -0.282. The molecule has 6 nitrogen and oxygen atoms in total. The number of nitrogens with one attached hydrogen (secondary N) is 1. The Hall–Kier alpha value is -2.31. The van der Waals surface area contributed by atoms with Crippen molar-refractivity contribution < 1.29 is 9.53 Å². The Morgan fingerprint density at radius 2 is 1.96 bits per heavy atom. The molecule has 3 rings (SSSR count). The third-order valence-electron chi connectivity index (χ3n) is 4.58. The summed E-state index contributed by atoms with van der Waals surface area (Å²) < 4.78 is 5.29. The molecule has 0 spiro atoms. The van der Waals surface area contributed by atoms with E-state index in [2.05, 4.69) is 27.1 Å². The summed E-state index contributed by atoms with van der Waals surface area (Å²) in [6.07, 6.45) is 1.75. The van der Waals surface area contributed by atoms with Crippen LogP contribution in [0.4, 0.5) is 11.4 Å². The molecular formula is C19H23ClN4O2. The second-order valence-corrected chi connectivity index (χ2v) is 6.85. The number of methoxy groups -OCH3 is 1. The summed E-state index contributed by atoms with van der Waals surface area (Å²) >= 11 is 6.11. The fourth-order valence-electron chi connectivity index (χ4n) is 2.89. The maximum absolute atomic E-state index is 12.5. The highest BCUT2D eigenvalue weighted by Gasteiger charge is 2.16. The van der Waals surface area contributed by atoms with Gasteiger partial charge in [0.1, 0.15) is 11.4 Å². The number of amides is 1. The molecule has 1 N–H and O–H groups in total. The molecule has 1 aromatic carbocycles. The largest absolute Gasteiger partial charge is 0.495 e. The van der Waals surface area contributed by atoms with Gasteiger partial charge in [-0.2, -0.15) is 0 Å². The number of carbonyl (C=O) groups is 1. The summed E-state index contributed by atoms with van der Waals surface area (Å²) in [4.78, 5) is 21.4. The first-order valence-electron chi connectivity index (χ1n) is 8.53. The van der Waals surface area contributed by atoms with E-state index in [1.807, 2.05) is 13.0 Å². The van der Waals surface area contributed by atoms with Gasteiger partial charge in [-0.05, 0) is 37.7 Å². The molecule has 1 aliphatic heterocycles. The SMILES string of the molecule is COc1cc(Cl)c(C)cc1NC(=O)c1ccc(N2CCN(C)CC2)cn1. The summed E-state index contributed by atoms with van der Waals surface area (Å²) in [7, 11) is 3.66. The van der Waals surface area contributed by atoms with Crippen LogP contribution < -0.4 is 15.0 Å². The number of hydrogen-bond acceptors (Lipinski definition) is 5. The monoisotopic (exact) mass is 374 g/mol. The van der Waals surface area contributed by atoms with E-state index < -0.39 is 0 Å². The van der Waals surface area contributed by atoms with Crippen molar-refractivity contribution in [3.8, 4) is 5.75 Å². The van der Waals surface area contributed by atoms with Gasteiger partial charge in [-0.1, -0.05) is 11.6 Å². The Balaban J connectivity index is 1.72. The van der Waals surface area contributed by atoms with Crippen LogP contribution in [0.15, 0.2) is 30.5 Å². The normalized spacial score (nSPS) is 15.0. The van der Waals surface area contributed by atoms with Crippen molar-refractivity contribution in [1.29, 1.82) is 0 Å². The van der Waals surface area contributed by atoms with E-state index in [1.165, 1.54) is 0 Å². The number of piperazine rings is 1. The zero-order valence-electron chi connectivity index (χ0n) is 15.3. The number of carbonyl (C=O) groups excluding carboxylic acids is 1. The maximum Gasteiger partial charge on any atom is 0.274 e. The van der Waals surface area contributed by atoms with Crippen molar-refractivity contribution in [2.45, 2.75) is 6.92 Å². The zero-order valence-corrected chi connectivity index (χ0v) is 16.0. The average Bonchev–Trinajstić information content (AvgIpc) is 2.65. The molecule has 26 heavy (non-hydrogen) atoms. The number of rotatable bonds is 4. The van der Waals surface area contributed by atoms with Gasteiger partial charge >= 0.3 is 0 Å². The molecule has 0 unspecified atom stereocenters. The van der Waals surface area contributed by atoms with E-state index in [1.54, 1.807) is 31.5 Å². The molecule has 1 aromatic heterocycles. The third-order valence-corrected chi connectivity index (χ3v) is 4.99. The van der Waals surface area contributed by atoms with Crippen LogP contribution in [0.5, 0.6) is 5.75 Å². The van der Waals surface area contributed by atoms with E-state index in [-0.39, 0.29) is 5.91 Å². The molecule has 2 heterocycles. The quantitative estimate of drug-likeness (QED) is 0.891. The summed E-state index contributed by atoms with van der Waals surface area (Å²) in [5.41, 5.74) is 2.83. The molecule has 1 saturated heterocycles. The van der Waals surface area contributed by atoms with Crippen LogP contribution in [-0.2, 0) is 0 Å². The number of aromatic nitrogens is 1. The number of pyridine rings is 1. The molecule has 0 atom stereocenters. The van der Waals surface area contributed by atoms with Crippen molar-refractivity contribution in [3.05, 3.63) is 46.7 Å². The lowest BCUT2D eigenvalue weighted by atomic mass is 10.2. The Morgan fingerprint density at radius 3 is 2.58 bits per heavy atom. The van der Waals surface area contributed by atoms with Gasteiger partial charge in [0.05, 0.1) is 24.7 Å². The number of anilines is 2. The molecule has 0 radical (unpaired) electrons. The van der Waals surface area contributed by atoms with Gasteiger partial charge in [-0.15, -0.1) is 0 Å². The van der Waals surface area contributed by atoms with Crippen molar-refractivity contribution in [2.75, 3.05) is 50.6 Å². The van der Waals surface area contributed by atoms with E-state index in [0.717, 1.165) is 37.4 Å². The van der Waals surface area contributed by atoms with Gasteiger partial charge < -0.3 is 19.9 Å². The number of likely N-dealkylation sites (N-methyl/N-ethyl adjacent to an activating group) is 1. The molecule has 0 saturated carbocycles. The molecule has 138 valence electrons. The zero-order chi connectivity index (χ0) is 18.7. The van der Waals surface area contributed by atoms with Crippen molar-refractivity contribution in [1.82, 2.24) is 9.88 Å². The van der Waals surface area contributed by atoms with Gasteiger partial charge in [0.2, 0.25) is 0 Å². The standard InChI is InChI=1S/C19H23ClN4O2/c1-13-10-17(18(26-3)11-15(13)20)22-19(25)16-5-4-14(12-21-16)24-8-6-23(2)7-9-24/h4-5,10-12H,6-9H2,1-3H3,(H,22,25). The maximum atomic E-state index is 12.5. The van der Waals surface area contributed by atoms with Crippen LogP contribution in [0.1, 0.15) is 16.1 Å². The van der Waals surface area contributed by atoms with Crippen LogP contribution in [0.3, 0.4) is 0 Å². The topological polar surface area (TPSA) is 57.7 Å². The fourth-order valence-corrected chi connectivity index (χ4v) is 3.04. The summed E-state index contributed by atoms with van der Waals surface area (Å²) in [5.74, 6) is 0.234. The molecule has 1 fully saturated rings. The summed E-state index contributed by atoms with van der Waals surface area (Å²) in [6, 6.07) is 7.17. The number of aryl methyl sites for hydroxylation is 1. The fraction of sp³-hybridized carbons (Fsp3) is 0.368. The molecule has 0 aliphatic carbocycles. The summed E-state index contributed by atoms with van der Waals surface area (Å²) in [5, 5.41) is 3.44. The Morgan fingerprint density at radius 1 is 1.23 bits per heavy atom. The number of hydrogen-bond donors (Lipinski definition) is 1. The van der Waals surface area contributed by atoms with Crippen LogP contribution >= 0.6 is 11.6 Å². The van der Waals surface area contributed by atoms with E-state index in [4.69, 9.17) is 16.3 Å². The molecule has 1 amide bonds. The predicted molar refractivity (Wildman–Crippen MR) is 105 cm³/mol. The lowest BCUT2D eigenvalue weighted by Crippen LogP contribution is -2.44. The Kier molecular flexibility index (Phi) is 5.64. The van der Waals surface area contributed by atoms with E-state index in [9.17, 15) is 4.79 Å². The molecule has 2 aromatic rings. The average molecular weight is 375 g/mol. The van der Waals surface area contributed by atoms with Gasteiger partial charge in [0.25, 0.3) is 5.91 Å². The summed E-state index contributed by atoms with van der Waals surface area (Å²) in [6.45, 7) is 5.85. The van der Waals surface area contributed by atoms with Gasteiger partial charge in [-0.3, -0.25) is 4.79 Å². The van der Waals surface area contributed by atoms with Gasteiger partial charge in [-0.25, -0.2) is 4.98 Å². The van der Waals surface area contributed by atoms with Crippen LogP contribution in [0.25, 0.3) is 0 Å². The van der Waals surface area contributed by atoms with Gasteiger partial charge in [0.15, 0.2) is 0 Å². The minimum absolute atomic E-state index is 0.282. The molecular weight excluding hydrogens is 352 g/mol. The van der Waals surface area contributed by atoms with Gasteiger partial charge in [0, 0.05) is 37.3 Å². The third kappa shape index (κ3) is 4.08. The minimum Gasteiger partial charge on any atom is -0.495 e. The van der Waals surface area contributed by atoms with Crippen LogP contribution in [0.2, 0.25) is 5.02 Å². The number of benzene rings is 1. The predicted octanol–water partition coefficient (Wildman–Crippen LogP) is 3.06. The van der Waals surface area contributed by atoms with Crippen molar-refractivity contribution in [2.24, 2.45) is 0 Å². The molecule has 7 heteroatoms. The van der Waals surface area contributed by atoms with E-state index in [0.29, 0.717) is 22.2 Å². The molecule has 1 aliphatic rings. The molecule has 0 bridgehead atoms. The lowest BCUT2D eigenvalue weighted by Gasteiger charge is -2.33.